The molecule has 1 aromatic carbocycles. The molecule has 3 unspecified atom stereocenters. The summed E-state index contributed by atoms with van der Waals surface area (Å²) in [5.41, 5.74) is 0.728. The quantitative estimate of drug-likeness (QED) is 0.677. The Morgan fingerprint density at radius 3 is 2.75 bits per heavy atom. The van der Waals surface area contributed by atoms with Crippen LogP contribution in [0.25, 0.3) is 0 Å². The Morgan fingerprint density at radius 2 is 2.10 bits per heavy atom. The number of nitrogens with zero attached hydrogens (tertiary/aromatic N) is 1. The maximum absolute atomic E-state index is 12.7. The van der Waals surface area contributed by atoms with E-state index >= 15 is 0 Å². The number of amides is 1. The summed E-state index contributed by atoms with van der Waals surface area (Å²) in [7, 11) is 0. The van der Waals surface area contributed by atoms with Crippen molar-refractivity contribution in [2.75, 3.05) is 13.2 Å². The summed E-state index contributed by atoms with van der Waals surface area (Å²) >= 11 is 1.08. The van der Waals surface area contributed by atoms with Gasteiger partial charge in [0.2, 0.25) is 0 Å². The summed E-state index contributed by atoms with van der Waals surface area (Å²) in [6.45, 7) is 5.26. The first kappa shape index (κ1) is 14.4. The summed E-state index contributed by atoms with van der Waals surface area (Å²) in [6.07, 6.45) is -0.277. The fraction of sp³-hybridized carbons (Fsp3) is 0.533. The number of ether oxygens (including phenoxy) is 1. The van der Waals surface area contributed by atoms with E-state index in [0.717, 1.165) is 31.1 Å². The molecule has 2 fully saturated rings. The van der Waals surface area contributed by atoms with Gasteiger partial charge in [-0.3, -0.25) is 0 Å². The van der Waals surface area contributed by atoms with Crippen LogP contribution >= 0.6 is 0 Å². The zero-order valence-corrected chi connectivity index (χ0v) is 14.8. The van der Waals surface area contributed by atoms with E-state index in [1.165, 1.54) is 0 Å². The van der Waals surface area contributed by atoms with Gasteiger partial charge < -0.3 is 0 Å². The van der Waals surface area contributed by atoms with Gasteiger partial charge >= 0.3 is 135 Å². The van der Waals surface area contributed by atoms with Crippen molar-refractivity contribution in [1.29, 1.82) is 0 Å². The van der Waals surface area contributed by atoms with Gasteiger partial charge in [-0.2, -0.15) is 0 Å². The van der Waals surface area contributed by atoms with Crippen LogP contribution in [0, 0.1) is 11.8 Å². The van der Waals surface area contributed by atoms with Crippen molar-refractivity contribution >= 4 is 31.4 Å². The van der Waals surface area contributed by atoms with Gasteiger partial charge in [-0.25, -0.2) is 0 Å². The Balaban J connectivity index is 2.01. The number of hydrogen-bond donors (Lipinski definition) is 0. The normalized spacial score (nSPS) is 36.5. The second kappa shape index (κ2) is 5.37. The first-order valence-corrected chi connectivity index (χ1v) is 8.16. The predicted octanol–water partition coefficient (Wildman–Crippen LogP) is 1.67. The second-order valence-corrected chi connectivity index (χ2v) is 6.64. The number of fused-ring (bicyclic) bond motifs is 1. The molecule has 0 N–H and O–H groups in total. The zero-order chi connectivity index (χ0) is 14.3. The molecule has 0 aromatic heterocycles. The van der Waals surface area contributed by atoms with Crippen LogP contribution in [0.2, 0.25) is 0 Å². The first-order chi connectivity index (χ1) is 9.62. The Labute approximate surface area is 135 Å². The Bertz CT molecular complexity index is 509. The molecule has 0 bridgehead atoms. The van der Waals surface area contributed by atoms with E-state index in [0.29, 0.717) is 13.2 Å². The van der Waals surface area contributed by atoms with Gasteiger partial charge in [0.05, 0.1) is 0 Å². The van der Waals surface area contributed by atoms with E-state index in [1.54, 1.807) is 0 Å². The number of carbonyl (C=O) groups excluding carboxylic acids is 1. The molecule has 1 radical (unpaired) electrons. The second-order valence-electron chi connectivity index (χ2n) is 5.73. The predicted molar refractivity (Wildman–Crippen MR) is 74.7 cm³/mol. The fourth-order valence-corrected chi connectivity index (χ4v) is 4.19. The molecule has 2 saturated heterocycles. The van der Waals surface area contributed by atoms with Crippen LogP contribution in [0.3, 0.4) is 0 Å². The molecule has 20 heavy (non-hydrogen) atoms. The van der Waals surface area contributed by atoms with Crippen LogP contribution in [-0.4, -0.2) is 55.1 Å². The van der Waals surface area contributed by atoms with Gasteiger partial charge in [0.25, 0.3) is 0 Å². The summed E-state index contributed by atoms with van der Waals surface area (Å²) in [6, 6.07) is 9.96. The molecule has 107 valence electrons. The molecule has 5 heteroatoms. The third kappa shape index (κ3) is 1.95. The molecule has 3 rings (SSSR count). The third-order valence-corrected chi connectivity index (χ3v) is 5.28. The maximum atomic E-state index is 12.7. The summed E-state index contributed by atoms with van der Waals surface area (Å²) in [5, 5.41) is 0. The Morgan fingerprint density at radius 1 is 1.40 bits per heavy atom. The third-order valence-electron chi connectivity index (χ3n) is 4.82. The van der Waals surface area contributed by atoms with E-state index in [1.807, 2.05) is 42.2 Å². The van der Waals surface area contributed by atoms with E-state index in [-0.39, 0.29) is 29.5 Å². The van der Waals surface area contributed by atoms with Crippen LogP contribution in [0.4, 0.5) is 0 Å². The van der Waals surface area contributed by atoms with E-state index in [9.17, 15) is 4.79 Å². The molecule has 1 amide bonds. The van der Waals surface area contributed by atoms with Crippen molar-refractivity contribution in [2.24, 2.45) is 11.8 Å². The van der Waals surface area contributed by atoms with Crippen LogP contribution < -0.4 is 0 Å². The Kier molecular flexibility index (Phi) is 3.88. The summed E-state index contributed by atoms with van der Waals surface area (Å²) < 4.78 is 11.5. The molecule has 2 aliphatic rings. The van der Waals surface area contributed by atoms with Gasteiger partial charge in [0, 0.05) is 0 Å². The van der Waals surface area contributed by atoms with Crippen molar-refractivity contribution in [2.45, 2.75) is 25.6 Å². The molecule has 4 atom stereocenters. The standard InChI is InChI=1S/C15H18NO3.Po/c1-10-11(2)15(8-17)9-19-14(16(15)13(10)18)12-6-4-3-5-7-12;/h3-7,10-11,14H,8-9H2,1-2H3;/q-1;+1/t10?,11?,14?,15-;/m0./s1. The molecule has 2 aliphatic heterocycles. The SMILES string of the molecule is CC1C(=O)N2C(c3ccccc3)OC[C@@]2(C[O][Po])C1C. The van der Waals surface area contributed by atoms with E-state index in [4.69, 9.17) is 7.51 Å². The number of hydrogen-bond acceptors (Lipinski definition) is 3. The van der Waals surface area contributed by atoms with Crippen molar-refractivity contribution in [3.05, 3.63) is 35.9 Å². The van der Waals surface area contributed by atoms with E-state index in [2.05, 4.69) is 6.92 Å². The molecular weight excluding hydrogens is 451 g/mol. The van der Waals surface area contributed by atoms with Crippen LogP contribution in [0.1, 0.15) is 25.6 Å². The van der Waals surface area contributed by atoms with Crippen molar-refractivity contribution in [1.82, 2.24) is 4.90 Å². The minimum atomic E-state index is -0.307. The van der Waals surface area contributed by atoms with Gasteiger partial charge in [-0.15, -0.1) is 0 Å². The molecule has 4 nitrogen and oxygen atoms in total. The number of rotatable bonds is 3. The Hall–Kier alpha value is -0.494. The van der Waals surface area contributed by atoms with Crippen LogP contribution in [-0.2, 0) is 12.3 Å². The summed E-state index contributed by atoms with van der Waals surface area (Å²) in [4.78, 5) is 14.6. The van der Waals surface area contributed by atoms with Gasteiger partial charge in [0.15, 0.2) is 0 Å². The first-order valence-electron chi connectivity index (χ1n) is 6.86. The number of carbonyl (C=O) groups is 1. The number of benzene rings is 1. The van der Waals surface area contributed by atoms with Gasteiger partial charge in [0.1, 0.15) is 0 Å². The van der Waals surface area contributed by atoms with Crippen molar-refractivity contribution in [3.63, 3.8) is 0 Å². The molecule has 1 aromatic rings. The molecular formula is C15H18NO3Po. The minimum absolute atomic E-state index is 0.0234. The molecule has 0 saturated carbocycles. The monoisotopic (exact) mass is 469 g/mol. The topological polar surface area (TPSA) is 38.8 Å². The van der Waals surface area contributed by atoms with Crippen molar-refractivity contribution < 1.29 is 12.3 Å². The van der Waals surface area contributed by atoms with Crippen LogP contribution in [0.5, 0.6) is 0 Å². The van der Waals surface area contributed by atoms with E-state index < -0.39 is 0 Å². The average Bonchev–Trinajstić information content (AvgIpc) is 2.93. The van der Waals surface area contributed by atoms with Crippen LogP contribution in [0.15, 0.2) is 30.3 Å². The van der Waals surface area contributed by atoms with Crippen molar-refractivity contribution in [3.8, 4) is 0 Å². The summed E-state index contributed by atoms with van der Waals surface area (Å²) in [5.74, 6) is 0.439. The molecule has 0 spiro atoms. The average molecular weight is 469 g/mol. The van der Waals surface area contributed by atoms with Gasteiger partial charge in [-0.1, -0.05) is 0 Å². The fourth-order valence-electron chi connectivity index (χ4n) is 3.39. The molecule has 2 heterocycles. The molecule has 0 aliphatic carbocycles. The van der Waals surface area contributed by atoms with Gasteiger partial charge in [-0.05, 0) is 0 Å². The zero-order valence-electron chi connectivity index (χ0n) is 11.6.